The normalized spacial score (nSPS) is 15.4. The molecule has 1 saturated heterocycles. The molecule has 96 valence electrons. The van der Waals surface area contributed by atoms with E-state index in [0.717, 1.165) is 18.8 Å². The molecule has 5 nitrogen and oxygen atoms in total. The topological polar surface area (TPSA) is 52.7 Å². The first-order valence-electron chi connectivity index (χ1n) is 6.03. The van der Waals surface area contributed by atoms with Crippen LogP contribution in [0.4, 0.5) is 5.69 Å². The van der Waals surface area contributed by atoms with E-state index in [-0.39, 0.29) is 0 Å². The van der Waals surface area contributed by atoms with E-state index in [0.29, 0.717) is 13.1 Å². The van der Waals surface area contributed by atoms with Crippen LogP contribution < -0.4 is 10.2 Å². The number of carbonyl (C=O) groups is 2. The average Bonchev–Trinajstić information content (AvgIpc) is 2.47. The number of nitrogens with one attached hydrogen (secondary N) is 1. The summed E-state index contributed by atoms with van der Waals surface area (Å²) in [6, 6.07) is 10.1. The Kier molecular flexibility index (Phi) is 3.82. The first-order valence-corrected chi connectivity index (χ1v) is 6.03. The van der Waals surface area contributed by atoms with E-state index in [1.54, 1.807) is 4.90 Å². The van der Waals surface area contributed by atoms with Gasteiger partial charge in [0.05, 0.1) is 0 Å². The molecule has 0 aliphatic carbocycles. The standard InChI is InChI=1S/C13H17N3O2/c1-14-12(17)13(18)16-9-7-15(8-10-16)11-5-3-2-4-6-11/h2-6H,7-10H2,1H3,(H,14,17). The van der Waals surface area contributed by atoms with Crippen molar-refractivity contribution in [1.29, 1.82) is 0 Å². The summed E-state index contributed by atoms with van der Waals surface area (Å²) in [5.41, 5.74) is 1.16. The molecule has 0 saturated carbocycles. The third-order valence-corrected chi connectivity index (χ3v) is 3.11. The summed E-state index contributed by atoms with van der Waals surface area (Å²) in [6.45, 7) is 2.68. The Balaban J connectivity index is 1.92. The lowest BCUT2D eigenvalue weighted by molar-refractivity contribution is -0.145. The summed E-state index contributed by atoms with van der Waals surface area (Å²) in [7, 11) is 1.47. The highest BCUT2D eigenvalue weighted by Gasteiger charge is 2.25. The predicted octanol–water partition coefficient (Wildman–Crippen LogP) is 0.0812. The highest BCUT2D eigenvalue weighted by Crippen LogP contribution is 2.15. The average molecular weight is 247 g/mol. The van der Waals surface area contributed by atoms with Crippen molar-refractivity contribution >= 4 is 17.5 Å². The summed E-state index contributed by atoms with van der Waals surface area (Å²) in [6.07, 6.45) is 0. The number of piperazine rings is 1. The van der Waals surface area contributed by atoms with Crippen molar-refractivity contribution in [3.05, 3.63) is 30.3 Å². The van der Waals surface area contributed by atoms with Crippen LogP contribution in [-0.4, -0.2) is 49.9 Å². The van der Waals surface area contributed by atoms with Crippen molar-refractivity contribution in [2.24, 2.45) is 0 Å². The second kappa shape index (κ2) is 5.53. The quantitative estimate of drug-likeness (QED) is 0.715. The number of amides is 2. The van der Waals surface area contributed by atoms with E-state index >= 15 is 0 Å². The largest absolute Gasteiger partial charge is 0.368 e. The molecule has 1 aromatic rings. The van der Waals surface area contributed by atoms with Crippen LogP contribution >= 0.6 is 0 Å². The molecule has 1 aromatic carbocycles. The van der Waals surface area contributed by atoms with Crippen molar-refractivity contribution in [2.45, 2.75) is 0 Å². The van der Waals surface area contributed by atoms with Gasteiger partial charge in [0.1, 0.15) is 0 Å². The molecule has 0 radical (unpaired) electrons. The van der Waals surface area contributed by atoms with E-state index in [4.69, 9.17) is 0 Å². The fourth-order valence-electron chi connectivity index (χ4n) is 2.06. The molecule has 18 heavy (non-hydrogen) atoms. The van der Waals surface area contributed by atoms with Crippen LogP contribution in [0.25, 0.3) is 0 Å². The number of carbonyl (C=O) groups excluding carboxylic acids is 2. The van der Waals surface area contributed by atoms with Gasteiger partial charge in [-0.2, -0.15) is 0 Å². The highest BCUT2D eigenvalue weighted by molar-refractivity contribution is 6.34. The maximum atomic E-state index is 11.7. The molecule has 1 heterocycles. The minimum Gasteiger partial charge on any atom is -0.368 e. The van der Waals surface area contributed by atoms with Crippen molar-refractivity contribution in [3.63, 3.8) is 0 Å². The number of para-hydroxylation sites is 1. The minimum absolute atomic E-state index is 0.440. The van der Waals surface area contributed by atoms with Crippen LogP contribution in [-0.2, 0) is 9.59 Å². The van der Waals surface area contributed by atoms with Crippen LogP contribution in [0.3, 0.4) is 0 Å². The predicted molar refractivity (Wildman–Crippen MR) is 69.3 cm³/mol. The van der Waals surface area contributed by atoms with Gasteiger partial charge in [-0.15, -0.1) is 0 Å². The number of rotatable bonds is 1. The van der Waals surface area contributed by atoms with Crippen molar-refractivity contribution in [3.8, 4) is 0 Å². The Morgan fingerprint density at radius 1 is 1.06 bits per heavy atom. The van der Waals surface area contributed by atoms with Crippen molar-refractivity contribution in [1.82, 2.24) is 10.2 Å². The molecule has 2 rings (SSSR count). The second-order valence-electron chi connectivity index (χ2n) is 4.19. The Hall–Kier alpha value is -2.04. The van der Waals surface area contributed by atoms with Gasteiger partial charge < -0.3 is 15.1 Å². The molecule has 0 spiro atoms. The zero-order valence-corrected chi connectivity index (χ0v) is 10.4. The van der Waals surface area contributed by atoms with E-state index in [2.05, 4.69) is 22.3 Å². The molecule has 0 bridgehead atoms. The third-order valence-electron chi connectivity index (χ3n) is 3.11. The van der Waals surface area contributed by atoms with Gasteiger partial charge in [0.2, 0.25) is 0 Å². The Bertz CT molecular complexity index is 425. The molecule has 2 amide bonds. The highest BCUT2D eigenvalue weighted by atomic mass is 16.2. The van der Waals surface area contributed by atoms with Gasteiger partial charge in [0.15, 0.2) is 0 Å². The number of likely N-dealkylation sites (N-methyl/N-ethyl adjacent to an activating group) is 1. The SMILES string of the molecule is CNC(=O)C(=O)N1CCN(c2ccccc2)CC1. The van der Waals surface area contributed by atoms with Gasteiger partial charge >= 0.3 is 11.8 Å². The lowest BCUT2D eigenvalue weighted by atomic mass is 10.2. The van der Waals surface area contributed by atoms with Gasteiger partial charge in [-0.05, 0) is 12.1 Å². The van der Waals surface area contributed by atoms with Gasteiger partial charge in [-0.25, -0.2) is 0 Å². The van der Waals surface area contributed by atoms with Gasteiger partial charge in [-0.3, -0.25) is 9.59 Å². The third kappa shape index (κ3) is 2.61. The molecule has 0 aromatic heterocycles. The lowest BCUT2D eigenvalue weighted by Crippen LogP contribution is -2.52. The molecular formula is C13H17N3O2. The van der Waals surface area contributed by atoms with Crippen LogP contribution in [0.5, 0.6) is 0 Å². The van der Waals surface area contributed by atoms with Crippen LogP contribution in [0.15, 0.2) is 30.3 Å². The fraction of sp³-hybridized carbons (Fsp3) is 0.385. The zero-order chi connectivity index (χ0) is 13.0. The fourth-order valence-corrected chi connectivity index (χ4v) is 2.06. The molecule has 1 N–H and O–H groups in total. The maximum absolute atomic E-state index is 11.7. The van der Waals surface area contributed by atoms with Crippen LogP contribution in [0.2, 0.25) is 0 Å². The minimum atomic E-state index is -0.539. The number of hydrogen-bond acceptors (Lipinski definition) is 3. The summed E-state index contributed by atoms with van der Waals surface area (Å²) in [4.78, 5) is 26.7. The lowest BCUT2D eigenvalue weighted by Gasteiger charge is -2.35. The van der Waals surface area contributed by atoms with Crippen LogP contribution in [0, 0.1) is 0 Å². The zero-order valence-electron chi connectivity index (χ0n) is 10.4. The maximum Gasteiger partial charge on any atom is 0.311 e. The smallest absolute Gasteiger partial charge is 0.311 e. The van der Waals surface area contributed by atoms with E-state index < -0.39 is 11.8 Å². The number of hydrogen-bond donors (Lipinski definition) is 1. The van der Waals surface area contributed by atoms with E-state index in [9.17, 15) is 9.59 Å². The first-order chi connectivity index (χ1) is 8.72. The Morgan fingerprint density at radius 2 is 1.67 bits per heavy atom. The number of anilines is 1. The first kappa shape index (κ1) is 12.4. The van der Waals surface area contributed by atoms with Crippen LogP contribution in [0.1, 0.15) is 0 Å². The molecule has 1 aliphatic rings. The number of nitrogens with zero attached hydrogens (tertiary/aromatic N) is 2. The monoisotopic (exact) mass is 247 g/mol. The van der Waals surface area contributed by atoms with Crippen molar-refractivity contribution in [2.75, 3.05) is 38.1 Å². The Labute approximate surface area is 106 Å². The molecule has 0 atom stereocenters. The molecule has 1 aliphatic heterocycles. The molecule has 1 fully saturated rings. The van der Waals surface area contributed by atoms with Gasteiger partial charge in [0.25, 0.3) is 0 Å². The van der Waals surface area contributed by atoms with Gasteiger partial charge in [-0.1, -0.05) is 18.2 Å². The van der Waals surface area contributed by atoms with E-state index in [1.807, 2.05) is 18.2 Å². The Morgan fingerprint density at radius 3 is 2.22 bits per heavy atom. The summed E-state index contributed by atoms with van der Waals surface area (Å²) in [5.74, 6) is -0.978. The second-order valence-corrected chi connectivity index (χ2v) is 4.19. The molecular weight excluding hydrogens is 230 g/mol. The summed E-state index contributed by atoms with van der Waals surface area (Å²) < 4.78 is 0. The molecule has 5 heteroatoms. The van der Waals surface area contributed by atoms with E-state index in [1.165, 1.54) is 7.05 Å². The van der Waals surface area contributed by atoms with Gasteiger partial charge in [0, 0.05) is 38.9 Å². The number of benzene rings is 1. The molecule has 0 unspecified atom stereocenters. The van der Waals surface area contributed by atoms with Crippen molar-refractivity contribution < 1.29 is 9.59 Å². The summed E-state index contributed by atoms with van der Waals surface area (Å²) in [5, 5.41) is 2.36. The summed E-state index contributed by atoms with van der Waals surface area (Å²) >= 11 is 0.